The molecule has 0 radical (unpaired) electrons. The first-order valence-electron chi connectivity index (χ1n) is 12.4. The van der Waals surface area contributed by atoms with Crippen molar-refractivity contribution in [3.63, 3.8) is 0 Å². The summed E-state index contributed by atoms with van der Waals surface area (Å²) in [6, 6.07) is 12.3. The fourth-order valence-electron chi connectivity index (χ4n) is 3.64. The van der Waals surface area contributed by atoms with Gasteiger partial charge in [-0.25, -0.2) is 0 Å². The number of carbonyl (C=O) groups is 4. The first-order chi connectivity index (χ1) is 19.0. The zero-order valence-corrected chi connectivity index (χ0v) is 21.8. The van der Waals surface area contributed by atoms with Gasteiger partial charge in [0.2, 0.25) is 23.6 Å². The Bertz CT molecular complexity index is 1210. The third-order valence-corrected chi connectivity index (χ3v) is 5.80. The first kappa shape index (κ1) is 31.2. The number of benzene rings is 2. The van der Waals surface area contributed by atoms with Gasteiger partial charge in [-0.15, -0.1) is 0 Å². The van der Waals surface area contributed by atoms with Gasteiger partial charge in [0.1, 0.15) is 23.8 Å². The topological polar surface area (TPSA) is 265 Å². The summed E-state index contributed by atoms with van der Waals surface area (Å²) in [5.74, 6) is -4.73. The zero-order chi connectivity index (χ0) is 29.7. The summed E-state index contributed by atoms with van der Waals surface area (Å²) in [7, 11) is 0. The monoisotopic (exact) mass is 553 g/mol. The van der Waals surface area contributed by atoms with Crippen molar-refractivity contribution < 1.29 is 24.3 Å². The average Bonchev–Trinajstić information content (AvgIpc) is 2.92. The number of nitrogen functional groups attached to an aromatic ring is 1. The van der Waals surface area contributed by atoms with Crippen LogP contribution < -0.4 is 38.9 Å². The molecule has 0 heterocycles. The molecule has 0 aromatic heterocycles. The summed E-state index contributed by atoms with van der Waals surface area (Å²) in [4.78, 5) is 54.9. The fraction of sp³-hybridized carbons (Fsp3) is 0.308. The number of aliphatic hydroxyl groups is 1. The van der Waals surface area contributed by atoms with E-state index >= 15 is 0 Å². The Kier molecular flexibility index (Phi) is 12.1. The molecule has 214 valence electrons. The highest BCUT2D eigenvalue weighted by molar-refractivity contribution is 6.07. The van der Waals surface area contributed by atoms with Crippen LogP contribution in [0.15, 0.2) is 59.6 Å². The smallest absolute Gasteiger partial charge is 0.245 e. The molecule has 14 heteroatoms. The largest absolute Gasteiger partial charge is 0.394 e. The molecule has 0 saturated heterocycles. The Morgan fingerprint density at radius 1 is 0.850 bits per heavy atom. The molecule has 2 unspecified atom stereocenters. The molecule has 14 nitrogen and oxygen atoms in total. The van der Waals surface area contributed by atoms with Gasteiger partial charge in [0.05, 0.1) is 6.61 Å². The zero-order valence-electron chi connectivity index (χ0n) is 21.8. The number of primary amides is 1. The summed E-state index contributed by atoms with van der Waals surface area (Å²) < 4.78 is 0. The number of aliphatic imine (C=N–C) groups is 1. The van der Waals surface area contributed by atoms with E-state index in [9.17, 15) is 24.3 Å². The molecular formula is C26H35N9O5. The predicted octanol–water partition coefficient (Wildman–Crippen LogP) is -1.73. The fourth-order valence-corrected chi connectivity index (χ4v) is 3.64. The highest BCUT2D eigenvalue weighted by atomic mass is 16.3. The summed E-state index contributed by atoms with van der Waals surface area (Å²) in [6.07, 6.45) is 0.381. The standard InChI is InChI=1S/C26H35N9O5/c27-21(28)16-10-8-15(9-11-16)13-18(23(38)33-17-5-2-1-3-6-17)24(39)35-20(14-36)25(40)34-19(22(29)37)7-4-12-32-26(30)31/h1-3,5-6,8-11,18-20,36H,4,7,12-14H2,(H3,27,28)(H2,29,37)(H,33,38)(H,34,40)(H,35,39)(H4,30,31,32)/t18?,19-,20?/m0/s1. The van der Waals surface area contributed by atoms with Crippen LogP contribution in [0.25, 0.3) is 0 Å². The highest BCUT2D eigenvalue weighted by Gasteiger charge is 2.32. The molecule has 2 aromatic rings. The Hall–Kier alpha value is -4.98. The summed E-state index contributed by atoms with van der Waals surface area (Å²) in [5, 5.41) is 24.8. The number of anilines is 1. The van der Waals surface area contributed by atoms with Crippen LogP contribution in [0.1, 0.15) is 24.0 Å². The summed E-state index contributed by atoms with van der Waals surface area (Å²) in [6.45, 7) is -0.606. The van der Waals surface area contributed by atoms with Crippen molar-refractivity contribution in [3.05, 3.63) is 65.7 Å². The molecule has 13 N–H and O–H groups in total. The molecule has 0 aliphatic carbocycles. The normalized spacial score (nSPS) is 12.7. The van der Waals surface area contributed by atoms with E-state index in [0.717, 1.165) is 0 Å². The maximum absolute atomic E-state index is 13.3. The van der Waals surface area contributed by atoms with Crippen LogP contribution in [0.5, 0.6) is 0 Å². The van der Waals surface area contributed by atoms with Gasteiger partial charge in [0.15, 0.2) is 5.96 Å². The lowest BCUT2D eigenvalue weighted by molar-refractivity contribution is -0.136. The SMILES string of the molecule is N=C(N)c1ccc(CC(C(=O)Nc2ccccc2)C(=O)NC(CO)C(=O)N[C@@H](CCCN=C(N)N)C(N)=O)cc1. The van der Waals surface area contributed by atoms with Gasteiger partial charge in [-0.05, 0) is 37.0 Å². The van der Waals surface area contributed by atoms with E-state index in [1.54, 1.807) is 54.6 Å². The van der Waals surface area contributed by atoms with Crippen molar-refractivity contribution in [1.29, 1.82) is 5.41 Å². The Morgan fingerprint density at radius 3 is 2.02 bits per heavy atom. The van der Waals surface area contributed by atoms with Gasteiger partial charge < -0.3 is 44.0 Å². The number of carbonyl (C=O) groups excluding carboxylic acids is 4. The Labute approximate surface area is 231 Å². The number of guanidine groups is 1. The van der Waals surface area contributed by atoms with Crippen LogP contribution in [0.3, 0.4) is 0 Å². The maximum atomic E-state index is 13.3. The quantitative estimate of drug-likeness (QED) is 0.0528. The lowest BCUT2D eigenvalue weighted by Gasteiger charge is -2.23. The van der Waals surface area contributed by atoms with Crippen molar-refractivity contribution in [2.75, 3.05) is 18.5 Å². The van der Waals surface area contributed by atoms with Crippen LogP contribution in [0.4, 0.5) is 5.69 Å². The van der Waals surface area contributed by atoms with Crippen molar-refractivity contribution in [3.8, 4) is 0 Å². The van der Waals surface area contributed by atoms with Gasteiger partial charge in [0, 0.05) is 17.8 Å². The van der Waals surface area contributed by atoms with Crippen LogP contribution in [0, 0.1) is 11.3 Å². The average molecular weight is 554 g/mol. The lowest BCUT2D eigenvalue weighted by atomic mass is 9.96. The van der Waals surface area contributed by atoms with Crippen LogP contribution in [-0.4, -0.2) is 65.8 Å². The van der Waals surface area contributed by atoms with Crippen LogP contribution in [0.2, 0.25) is 0 Å². The van der Waals surface area contributed by atoms with E-state index in [4.69, 9.17) is 28.3 Å². The van der Waals surface area contributed by atoms with E-state index in [-0.39, 0.29) is 31.2 Å². The summed E-state index contributed by atoms with van der Waals surface area (Å²) in [5.41, 5.74) is 22.9. The molecule has 0 aliphatic rings. The van der Waals surface area contributed by atoms with Gasteiger partial charge >= 0.3 is 0 Å². The van der Waals surface area contributed by atoms with Gasteiger partial charge in [-0.3, -0.25) is 29.6 Å². The predicted molar refractivity (Wildman–Crippen MR) is 150 cm³/mol. The molecule has 0 bridgehead atoms. The third-order valence-electron chi connectivity index (χ3n) is 5.80. The van der Waals surface area contributed by atoms with Crippen LogP contribution >= 0.6 is 0 Å². The molecule has 40 heavy (non-hydrogen) atoms. The van der Waals surface area contributed by atoms with E-state index in [1.165, 1.54) is 0 Å². The number of amidine groups is 1. The van der Waals surface area contributed by atoms with Crippen molar-refractivity contribution in [2.45, 2.75) is 31.3 Å². The number of nitrogens with zero attached hydrogens (tertiary/aromatic N) is 1. The highest BCUT2D eigenvalue weighted by Crippen LogP contribution is 2.15. The molecule has 2 aromatic carbocycles. The van der Waals surface area contributed by atoms with E-state index in [2.05, 4.69) is 20.9 Å². The van der Waals surface area contributed by atoms with Gasteiger partial charge in [-0.1, -0.05) is 42.5 Å². The molecule has 2 rings (SSSR count). The number of nitrogens with two attached hydrogens (primary N) is 4. The van der Waals surface area contributed by atoms with Crippen molar-refractivity contribution in [1.82, 2.24) is 10.6 Å². The summed E-state index contributed by atoms with van der Waals surface area (Å²) >= 11 is 0. The van der Waals surface area contributed by atoms with Gasteiger partial charge in [0.25, 0.3) is 0 Å². The minimum absolute atomic E-state index is 0.0584. The number of para-hydroxylation sites is 1. The second-order valence-electron chi connectivity index (χ2n) is 8.88. The number of hydrogen-bond donors (Lipinski definition) is 9. The molecule has 4 amide bonds. The molecular weight excluding hydrogens is 518 g/mol. The second kappa shape index (κ2) is 15.4. The number of amides is 4. The first-order valence-corrected chi connectivity index (χ1v) is 12.4. The van der Waals surface area contributed by atoms with Gasteiger partial charge in [-0.2, -0.15) is 0 Å². The minimum Gasteiger partial charge on any atom is -0.394 e. The lowest BCUT2D eigenvalue weighted by Crippen LogP contribution is -2.56. The molecule has 0 aliphatic heterocycles. The van der Waals surface area contributed by atoms with E-state index in [0.29, 0.717) is 23.2 Å². The molecule has 0 spiro atoms. The van der Waals surface area contributed by atoms with Crippen molar-refractivity contribution >= 4 is 41.1 Å². The van der Waals surface area contributed by atoms with Crippen LogP contribution in [-0.2, 0) is 25.6 Å². The number of rotatable bonds is 15. The van der Waals surface area contributed by atoms with E-state index < -0.39 is 48.2 Å². The number of hydrogen-bond acceptors (Lipinski definition) is 7. The maximum Gasteiger partial charge on any atom is 0.245 e. The number of nitrogens with one attached hydrogen (secondary N) is 4. The molecule has 3 atom stereocenters. The molecule has 0 saturated carbocycles. The van der Waals surface area contributed by atoms with E-state index in [1.807, 2.05) is 0 Å². The third kappa shape index (κ3) is 10.1. The van der Waals surface area contributed by atoms with Crippen molar-refractivity contribution in [2.24, 2.45) is 33.8 Å². The minimum atomic E-state index is -1.47. The Balaban J connectivity index is 2.17. The second-order valence-corrected chi connectivity index (χ2v) is 8.88. The Morgan fingerprint density at radius 2 is 1.48 bits per heavy atom. The molecule has 0 fully saturated rings. The number of aliphatic hydroxyl groups excluding tert-OH is 1.